The molecule has 5 heteroatoms. The summed E-state index contributed by atoms with van der Waals surface area (Å²) in [4.78, 5) is 24.5. The molecule has 1 amide bonds. The molecule has 0 aliphatic heterocycles. The van der Waals surface area contributed by atoms with Gasteiger partial charge in [0.15, 0.2) is 0 Å². The summed E-state index contributed by atoms with van der Waals surface area (Å²) < 4.78 is 1.26. The molecule has 5 nitrogen and oxygen atoms in total. The third-order valence-corrected chi connectivity index (χ3v) is 4.60. The van der Waals surface area contributed by atoms with Crippen molar-refractivity contribution >= 4 is 5.91 Å². The van der Waals surface area contributed by atoms with Crippen LogP contribution in [0.25, 0.3) is 5.69 Å². The van der Waals surface area contributed by atoms with Gasteiger partial charge in [0, 0.05) is 12.1 Å². The SMILES string of the molecule is CC1(C)CCCC1NC(=O)c1ccc(=O)n(-c2ccccc2)n1. The van der Waals surface area contributed by atoms with Crippen LogP contribution in [0.15, 0.2) is 47.3 Å². The largest absolute Gasteiger partial charge is 0.347 e. The summed E-state index contributed by atoms with van der Waals surface area (Å²) in [6.07, 6.45) is 3.21. The molecule has 3 rings (SSSR count). The lowest BCUT2D eigenvalue weighted by Crippen LogP contribution is -2.42. The average molecular weight is 311 g/mol. The second-order valence-corrected chi connectivity index (χ2v) is 6.71. The summed E-state index contributed by atoms with van der Waals surface area (Å²) in [5, 5.41) is 7.29. The number of aromatic nitrogens is 2. The number of amides is 1. The van der Waals surface area contributed by atoms with E-state index in [2.05, 4.69) is 24.3 Å². The minimum atomic E-state index is -0.256. The van der Waals surface area contributed by atoms with Gasteiger partial charge in [0.1, 0.15) is 5.69 Å². The van der Waals surface area contributed by atoms with E-state index in [0.717, 1.165) is 19.3 Å². The smallest absolute Gasteiger partial charge is 0.271 e. The number of benzene rings is 1. The van der Waals surface area contributed by atoms with E-state index in [1.54, 1.807) is 12.1 Å². The van der Waals surface area contributed by atoms with Crippen molar-refractivity contribution in [2.24, 2.45) is 5.41 Å². The highest BCUT2D eigenvalue weighted by molar-refractivity contribution is 5.92. The van der Waals surface area contributed by atoms with Crippen molar-refractivity contribution in [2.75, 3.05) is 0 Å². The number of nitrogens with one attached hydrogen (secondary N) is 1. The Bertz CT molecular complexity index is 765. The fourth-order valence-electron chi connectivity index (χ4n) is 3.11. The van der Waals surface area contributed by atoms with Crippen LogP contribution in [-0.2, 0) is 0 Å². The molecule has 1 aliphatic rings. The molecule has 1 saturated carbocycles. The molecule has 0 saturated heterocycles. The van der Waals surface area contributed by atoms with Gasteiger partial charge in [-0.05, 0) is 36.5 Å². The van der Waals surface area contributed by atoms with Crippen molar-refractivity contribution in [3.05, 3.63) is 58.5 Å². The quantitative estimate of drug-likeness (QED) is 0.947. The maximum atomic E-state index is 12.5. The number of carbonyl (C=O) groups excluding carboxylic acids is 1. The minimum Gasteiger partial charge on any atom is -0.347 e. The third kappa shape index (κ3) is 3.18. The number of carbonyl (C=O) groups is 1. The van der Waals surface area contributed by atoms with E-state index in [1.807, 2.05) is 18.2 Å². The van der Waals surface area contributed by atoms with Crippen LogP contribution in [-0.4, -0.2) is 21.7 Å². The highest BCUT2D eigenvalue weighted by Gasteiger charge is 2.35. The molecule has 1 aromatic heterocycles. The Balaban J connectivity index is 1.86. The average Bonchev–Trinajstić information content (AvgIpc) is 2.87. The molecule has 120 valence electrons. The Labute approximate surface area is 135 Å². The van der Waals surface area contributed by atoms with E-state index in [-0.39, 0.29) is 28.6 Å². The van der Waals surface area contributed by atoms with Gasteiger partial charge in [-0.15, -0.1) is 0 Å². The fraction of sp³-hybridized carbons (Fsp3) is 0.389. The van der Waals surface area contributed by atoms with Crippen molar-refractivity contribution in [1.82, 2.24) is 15.1 Å². The number of para-hydroxylation sites is 1. The van der Waals surface area contributed by atoms with Gasteiger partial charge >= 0.3 is 0 Å². The van der Waals surface area contributed by atoms with Gasteiger partial charge in [0.25, 0.3) is 11.5 Å². The summed E-state index contributed by atoms with van der Waals surface area (Å²) in [6, 6.07) is 12.1. The van der Waals surface area contributed by atoms with E-state index in [9.17, 15) is 9.59 Å². The Kier molecular flexibility index (Phi) is 4.03. The first-order chi connectivity index (χ1) is 11.0. The standard InChI is InChI=1S/C18H21N3O2/c1-18(2)12-6-9-15(18)19-17(23)14-10-11-16(22)21(20-14)13-7-4-3-5-8-13/h3-5,7-8,10-11,15H,6,9,12H2,1-2H3,(H,19,23). The van der Waals surface area contributed by atoms with Crippen molar-refractivity contribution in [1.29, 1.82) is 0 Å². The normalized spacial score (nSPS) is 19.5. The molecule has 1 aromatic carbocycles. The van der Waals surface area contributed by atoms with Crippen LogP contribution in [0.2, 0.25) is 0 Å². The van der Waals surface area contributed by atoms with E-state index >= 15 is 0 Å². The second kappa shape index (κ2) is 5.99. The van der Waals surface area contributed by atoms with Crippen LogP contribution in [0.3, 0.4) is 0 Å². The monoisotopic (exact) mass is 311 g/mol. The lowest BCUT2D eigenvalue weighted by molar-refractivity contribution is 0.0903. The number of rotatable bonds is 3. The highest BCUT2D eigenvalue weighted by atomic mass is 16.2. The summed E-state index contributed by atoms with van der Waals surface area (Å²) in [7, 11) is 0. The molecule has 1 atom stereocenters. The van der Waals surface area contributed by atoms with Gasteiger partial charge in [-0.25, -0.2) is 0 Å². The molecule has 1 aliphatic carbocycles. The number of nitrogens with zero attached hydrogens (tertiary/aromatic N) is 2. The van der Waals surface area contributed by atoms with Crippen LogP contribution < -0.4 is 10.9 Å². The fourth-order valence-corrected chi connectivity index (χ4v) is 3.11. The number of hydrogen-bond acceptors (Lipinski definition) is 3. The van der Waals surface area contributed by atoms with Gasteiger partial charge < -0.3 is 5.32 Å². The van der Waals surface area contributed by atoms with Crippen molar-refractivity contribution in [3.63, 3.8) is 0 Å². The summed E-state index contributed by atoms with van der Waals surface area (Å²) in [5.41, 5.74) is 0.752. The first kappa shape index (κ1) is 15.5. The predicted molar refractivity (Wildman–Crippen MR) is 88.7 cm³/mol. The summed E-state index contributed by atoms with van der Waals surface area (Å²) >= 11 is 0. The van der Waals surface area contributed by atoms with Gasteiger partial charge in [-0.2, -0.15) is 9.78 Å². The highest BCUT2D eigenvalue weighted by Crippen LogP contribution is 2.37. The molecule has 0 spiro atoms. The molecule has 1 fully saturated rings. The zero-order chi connectivity index (χ0) is 16.4. The van der Waals surface area contributed by atoms with E-state index < -0.39 is 0 Å². The molecule has 23 heavy (non-hydrogen) atoms. The molecular weight excluding hydrogens is 290 g/mol. The topological polar surface area (TPSA) is 64.0 Å². The van der Waals surface area contributed by atoms with Crippen LogP contribution in [0.4, 0.5) is 0 Å². The second-order valence-electron chi connectivity index (χ2n) is 6.71. The minimum absolute atomic E-state index is 0.101. The van der Waals surface area contributed by atoms with Crippen molar-refractivity contribution < 1.29 is 4.79 Å². The number of hydrogen-bond donors (Lipinski definition) is 1. The zero-order valence-corrected chi connectivity index (χ0v) is 13.5. The van der Waals surface area contributed by atoms with Gasteiger partial charge in [-0.1, -0.05) is 38.5 Å². The first-order valence-electron chi connectivity index (χ1n) is 7.94. The zero-order valence-electron chi connectivity index (χ0n) is 13.5. The third-order valence-electron chi connectivity index (χ3n) is 4.60. The van der Waals surface area contributed by atoms with Crippen LogP contribution >= 0.6 is 0 Å². The summed E-state index contributed by atoms with van der Waals surface area (Å²) in [6.45, 7) is 4.34. The van der Waals surface area contributed by atoms with Gasteiger partial charge in [-0.3, -0.25) is 9.59 Å². The van der Waals surface area contributed by atoms with E-state index in [1.165, 1.54) is 16.8 Å². The first-order valence-corrected chi connectivity index (χ1v) is 7.94. The molecule has 0 bridgehead atoms. The maximum absolute atomic E-state index is 12.5. The molecule has 2 aromatic rings. The molecule has 1 heterocycles. The Hall–Kier alpha value is -2.43. The van der Waals surface area contributed by atoms with Crippen LogP contribution in [0.5, 0.6) is 0 Å². The molecule has 0 radical (unpaired) electrons. The van der Waals surface area contributed by atoms with E-state index in [0.29, 0.717) is 5.69 Å². The van der Waals surface area contributed by atoms with E-state index in [4.69, 9.17) is 0 Å². The Morgan fingerprint density at radius 2 is 1.96 bits per heavy atom. The lowest BCUT2D eigenvalue weighted by atomic mass is 9.87. The summed E-state index contributed by atoms with van der Waals surface area (Å²) in [5.74, 6) is -0.227. The van der Waals surface area contributed by atoms with Crippen molar-refractivity contribution in [3.8, 4) is 5.69 Å². The molecule has 1 unspecified atom stereocenters. The van der Waals surface area contributed by atoms with Crippen molar-refractivity contribution in [2.45, 2.75) is 39.2 Å². The molecular formula is C18H21N3O2. The Morgan fingerprint density at radius 3 is 2.61 bits per heavy atom. The lowest BCUT2D eigenvalue weighted by Gasteiger charge is -2.27. The van der Waals surface area contributed by atoms with Crippen LogP contribution in [0.1, 0.15) is 43.6 Å². The van der Waals surface area contributed by atoms with Gasteiger partial charge in [0.05, 0.1) is 5.69 Å². The predicted octanol–water partition coefficient (Wildman–Crippen LogP) is 2.54. The van der Waals surface area contributed by atoms with Crippen LogP contribution in [0, 0.1) is 5.41 Å². The van der Waals surface area contributed by atoms with Gasteiger partial charge in [0.2, 0.25) is 0 Å². The maximum Gasteiger partial charge on any atom is 0.271 e. The Morgan fingerprint density at radius 1 is 1.22 bits per heavy atom. The molecule has 1 N–H and O–H groups in total.